The fourth-order valence-corrected chi connectivity index (χ4v) is 3.51. The quantitative estimate of drug-likeness (QED) is 0.474. The van der Waals surface area contributed by atoms with E-state index in [0.29, 0.717) is 24.3 Å². The molecule has 26 heavy (non-hydrogen) atoms. The van der Waals surface area contributed by atoms with Crippen molar-refractivity contribution in [3.63, 3.8) is 0 Å². The molecule has 0 aliphatic rings. The Morgan fingerprint density at radius 3 is 1.31 bits per heavy atom. The molecule has 0 spiro atoms. The molecule has 0 aromatic heterocycles. The van der Waals surface area contributed by atoms with Crippen LogP contribution >= 0.6 is 0 Å². The van der Waals surface area contributed by atoms with Crippen LogP contribution in [0.4, 0.5) is 26.3 Å². The maximum atomic E-state index is 13.1. The molecule has 0 saturated carbocycles. The van der Waals surface area contributed by atoms with E-state index < -0.39 is 50.0 Å². The van der Waals surface area contributed by atoms with E-state index >= 15 is 0 Å². The monoisotopic (exact) mass is 408 g/mol. The molecular weight excluding hydrogens is 397 g/mol. The van der Waals surface area contributed by atoms with Crippen LogP contribution in [0.1, 0.15) is 27.5 Å². The second kappa shape index (κ2) is 7.89. The van der Waals surface area contributed by atoms with Gasteiger partial charge in [0.25, 0.3) is 10.1 Å². The Morgan fingerprint density at radius 2 is 1.04 bits per heavy atom. The first-order valence-electron chi connectivity index (χ1n) is 6.62. The Kier molecular flexibility index (Phi) is 6.97. The van der Waals surface area contributed by atoms with Gasteiger partial charge in [0.15, 0.2) is 0 Å². The standard InChI is InChI=1S/C15H10F6O3S.Na.H/c16-14(17,18)11-7-3-1-5-9(11)13(25(22,23)24)10-6-2-4-8-12(10)15(19,20)21;;/h1-8,13H,(H,22,23,24);;. The Morgan fingerprint density at radius 1 is 0.731 bits per heavy atom. The Balaban J connectivity index is 0.00000338. The molecule has 138 valence electrons. The predicted molar refractivity (Wildman–Crippen MR) is 83.4 cm³/mol. The van der Waals surface area contributed by atoms with Gasteiger partial charge in [-0.05, 0) is 23.3 Å². The van der Waals surface area contributed by atoms with Gasteiger partial charge in [-0.3, -0.25) is 4.55 Å². The number of rotatable bonds is 3. The van der Waals surface area contributed by atoms with Crippen molar-refractivity contribution < 1.29 is 39.3 Å². The van der Waals surface area contributed by atoms with Gasteiger partial charge < -0.3 is 0 Å². The van der Waals surface area contributed by atoms with Crippen molar-refractivity contribution in [2.45, 2.75) is 17.6 Å². The van der Waals surface area contributed by atoms with Crippen molar-refractivity contribution in [1.29, 1.82) is 0 Å². The van der Waals surface area contributed by atoms with Crippen LogP contribution < -0.4 is 0 Å². The van der Waals surface area contributed by atoms with Crippen LogP contribution in [0.3, 0.4) is 0 Å². The van der Waals surface area contributed by atoms with Crippen LogP contribution in [-0.4, -0.2) is 42.5 Å². The molecule has 0 aliphatic heterocycles. The summed E-state index contributed by atoms with van der Waals surface area (Å²) < 4.78 is 112. The molecule has 0 atom stereocenters. The van der Waals surface area contributed by atoms with E-state index in [1.807, 2.05) is 0 Å². The molecule has 0 amide bonds. The van der Waals surface area contributed by atoms with E-state index in [0.717, 1.165) is 24.3 Å². The predicted octanol–water partition coefficient (Wildman–Crippen LogP) is 4.05. The van der Waals surface area contributed by atoms with Crippen LogP contribution in [0.15, 0.2) is 48.5 Å². The summed E-state index contributed by atoms with van der Waals surface area (Å²) in [6.07, 6.45) is -10.0. The Bertz CT molecular complexity index is 820. The summed E-state index contributed by atoms with van der Waals surface area (Å²) in [4.78, 5) is 0. The van der Waals surface area contributed by atoms with Crippen LogP contribution in [0.2, 0.25) is 0 Å². The van der Waals surface area contributed by atoms with Crippen molar-refractivity contribution >= 4 is 39.7 Å². The second-order valence-electron chi connectivity index (χ2n) is 5.07. The molecule has 11 heteroatoms. The second-order valence-corrected chi connectivity index (χ2v) is 6.57. The first-order valence-corrected chi connectivity index (χ1v) is 8.12. The van der Waals surface area contributed by atoms with Crippen molar-refractivity contribution in [3.05, 3.63) is 70.8 Å². The van der Waals surface area contributed by atoms with E-state index in [1.165, 1.54) is 0 Å². The molecule has 2 rings (SSSR count). The fourth-order valence-electron chi connectivity index (χ4n) is 2.46. The molecule has 0 radical (unpaired) electrons. The average Bonchev–Trinajstić information content (AvgIpc) is 2.45. The van der Waals surface area contributed by atoms with Crippen LogP contribution in [-0.2, 0) is 22.5 Å². The van der Waals surface area contributed by atoms with Crippen LogP contribution in [0.25, 0.3) is 0 Å². The maximum absolute atomic E-state index is 13.1. The van der Waals surface area contributed by atoms with Gasteiger partial charge in [0.05, 0.1) is 11.1 Å². The molecule has 0 heterocycles. The van der Waals surface area contributed by atoms with E-state index in [4.69, 9.17) is 0 Å². The SMILES string of the molecule is O=S(=O)(O)C(c1ccccc1C(F)(F)F)c1ccccc1C(F)(F)F.[NaH]. The molecular formula is C15H11F6NaO3S. The van der Waals surface area contributed by atoms with Crippen LogP contribution in [0.5, 0.6) is 0 Å². The van der Waals surface area contributed by atoms with Gasteiger partial charge in [-0.2, -0.15) is 34.8 Å². The minimum absolute atomic E-state index is 0. The van der Waals surface area contributed by atoms with Gasteiger partial charge in [-0.15, -0.1) is 0 Å². The van der Waals surface area contributed by atoms with E-state index in [1.54, 1.807) is 0 Å². The van der Waals surface area contributed by atoms with Crippen molar-refractivity contribution in [2.75, 3.05) is 0 Å². The topological polar surface area (TPSA) is 54.4 Å². The van der Waals surface area contributed by atoms with Gasteiger partial charge in [0.2, 0.25) is 0 Å². The zero-order valence-electron chi connectivity index (χ0n) is 12.1. The molecule has 0 unspecified atom stereocenters. The number of benzene rings is 2. The van der Waals surface area contributed by atoms with Gasteiger partial charge >= 0.3 is 41.9 Å². The van der Waals surface area contributed by atoms with Gasteiger partial charge in [0.1, 0.15) is 5.25 Å². The van der Waals surface area contributed by atoms with Gasteiger partial charge in [-0.25, -0.2) is 0 Å². The summed E-state index contributed by atoms with van der Waals surface area (Å²) in [5.41, 5.74) is -4.88. The molecule has 0 bridgehead atoms. The number of alkyl halides is 6. The molecule has 3 nitrogen and oxygen atoms in total. The molecule has 0 saturated heterocycles. The molecule has 0 fully saturated rings. The van der Waals surface area contributed by atoms with Crippen molar-refractivity contribution in [3.8, 4) is 0 Å². The molecule has 2 aromatic rings. The van der Waals surface area contributed by atoms with Crippen molar-refractivity contribution in [2.24, 2.45) is 0 Å². The fraction of sp³-hybridized carbons (Fsp3) is 0.200. The molecule has 1 N–H and O–H groups in total. The number of hydrogen-bond donors (Lipinski definition) is 1. The van der Waals surface area contributed by atoms with E-state index in [-0.39, 0.29) is 29.6 Å². The zero-order chi connectivity index (χ0) is 19.0. The minimum atomic E-state index is -5.34. The molecule has 0 aliphatic carbocycles. The Labute approximate surface area is 167 Å². The number of hydrogen-bond acceptors (Lipinski definition) is 2. The summed E-state index contributed by atoms with van der Waals surface area (Å²) in [6.45, 7) is 0. The third-order valence-corrected chi connectivity index (χ3v) is 4.50. The van der Waals surface area contributed by atoms with Crippen LogP contribution in [0, 0.1) is 0 Å². The normalized spacial score (nSPS) is 12.8. The first kappa shape index (κ1) is 23.0. The van der Waals surface area contributed by atoms with Crippen molar-refractivity contribution in [1.82, 2.24) is 0 Å². The summed E-state index contributed by atoms with van der Waals surface area (Å²) in [5, 5.41) is -2.54. The summed E-state index contributed by atoms with van der Waals surface area (Å²) in [6, 6.07) is 6.50. The zero-order valence-corrected chi connectivity index (χ0v) is 13.0. The Hall–Kier alpha value is -1.07. The summed E-state index contributed by atoms with van der Waals surface area (Å²) >= 11 is 0. The third kappa shape index (κ3) is 5.01. The first-order chi connectivity index (χ1) is 11.3. The number of halogens is 6. The van der Waals surface area contributed by atoms with Gasteiger partial charge in [0, 0.05) is 0 Å². The third-order valence-electron chi connectivity index (χ3n) is 3.40. The summed E-state index contributed by atoms with van der Waals surface area (Å²) in [5.74, 6) is 0. The van der Waals surface area contributed by atoms with Gasteiger partial charge in [-0.1, -0.05) is 36.4 Å². The summed E-state index contributed by atoms with van der Waals surface area (Å²) in [7, 11) is -5.34. The van der Waals surface area contributed by atoms with E-state index in [9.17, 15) is 39.3 Å². The molecule has 2 aromatic carbocycles. The average molecular weight is 408 g/mol. The van der Waals surface area contributed by atoms with E-state index in [2.05, 4.69) is 0 Å².